The summed E-state index contributed by atoms with van der Waals surface area (Å²) in [4.78, 5) is 47.4. The van der Waals surface area contributed by atoms with Gasteiger partial charge >= 0.3 is 0 Å². The molecule has 1 spiro atoms. The fourth-order valence-electron chi connectivity index (χ4n) is 4.88. The number of hydrogen-bond acceptors (Lipinski definition) is 4. The first-order valence-electron chi connectivity index (χ1n) is 9.83. The number of benzene rings is 1. The van der Waals surface area contributed by atoms with Crippen molar-refractivity contribution < 1.29 is 9.59 Å². The number of para-hydroxylation sites is 1. The molecule has 2 N–H and O–H groups in total. The summed E-state index contributed by atoms with van der Waals surface area (Å²) in [6.45, 7) is 2.13. The molecule has 1 saturated heterocycles. The molecule has 0 bridgehead atoms. The molecule has 2 atom stereocenters. The number of rotatable bonds is 2. The number of H-pyrrole nitrogens is 1. The Hall–Kier alpha value is -3.74. The maximum Gasteiger partial charge on any atom is 0.254 e. The van der Waals surface area contributed by atoms with Crippen molar-refractivity contribution in [2.24, 2.45) is 0 Å². The lowest BCUT2D eigenvalue weighted by Gasteiger charge is -2.34. The van der Waals surface area contributed by atoms with E-state index in [9.17, 15) is 14.4 Å². The third kappa shape index (κ3) is 2.58. The second-order valence-corrected chi connectivity index (χ2v) is 7.82. The molecule has 7 heteroatoms. The normalized spacial score (nSPS) is 22.2. The Morgan fingerprint density at radius 1 is 1.17 bits per heavy atom. The monoisotopic (exact) mass is 400 g/mol. The number of carbonyl (C=O) groups excluding carboxylic acids is 2. The van der Waals surface area contributed by atoms with Crippen molar-refractivity contribution in [3.8, 4) is 0 Å². The summed E-state index contributed by atoms with van der Waals surface area (Å²) in [5.74, 6) is -0.387. The molecule has 2 aliphatic rings. The van der Waals surface area contributed by atoms with Gasteiger partial charge in [0.05, 0.1) is 6.04 Å². The zero-order valence-electron chi connectivity index (χ0n) is 16.4. The number of amides is 2. The van der Waals surface area contributed by atoms with Crippen molar-refractivity contribution in [3.63, 3.8) is 0 Å². The first kappa shape index (κ1) is 18.3. The van der Waals surface area contributed by atoms with E-state index in [1.54, 1.807) is 36.4 Å². The van der Waals surface area contributed by atoms with Crippen LogP contribution >= 0.6 is 0 Å². The molecule has 0 aliphatic carbocycles. The van der Waals surface area contributed by atoms with Crippen LogP contribution in [0.3, 0.4) is 0 Å². The highest BCUT2D eigenvalue weighted by atomic mass is 16.2. The number of aromatic nitrogens is 2. The Morgan fingerprint density at radius 3 is 2.77 bits per heavy atom. The van der Waals surface area contributed by atoms with Gasteiger partial charge in [0.2, 0.25) is 11.5 Å². The molecule has 1 fully saturated rings. The van der Waals surface area contributed by atoms with Gasteiger partial charge in [-0.05, 0) is 42.7 Å². The maximum atomic E-state index is 13.5. The lowest BCUT2D eigenvalue weighted by Crippen LogP contribution is -2.42. The number of nitrogens with zero attached hydrogens (tertiary/aromatic N) is 2. The second kappa shape index (κ2) is 6.66. The van der Waals surface area contributed by atoms with E-state index in [0.29, 0.717) is 24.2 Å². The molecule has 7 nitrogen and oxygen atoms in total. The van der Waals surface area contributed by atoms with Crippen molar-refractivity contribution in [2.45, 2.75) is 24.8 Å². The van der Waals surface area contributed by atoms with Crippen molar-refractivity contribution in [3.05, 3.63) is 93.7 Å². The van der Waals surface area contributed by atoms with Crippen molar-refractivity contribution >= 4 is 17.5 Å². The first-order valence-corrected chi connectivity index (χ1v) is 9.83. The van der Waals surface area contributed by atoms with Crippen LogP contribution in [0, 0.1) is 6.92 Å². The van der Waals surface area contributed by atoms with Crippen LogP contribution in [0.15, 0.2) is 65.7 Å². The zero-order chi connectivity index (χ0) is 20.9. The summed E-state index contributed by atoms with van der Waals surface area (Å²) in [6.07, 6.45) is 3.86. The van der Waals surface area contributed by atoms with Gasteiger partial charge in [-0.2, -0.15) is 0 Å². The molecular formula is C23H20N4O3. The van der Waals surface area contributed by atoms with Crippen LogP contribution < -0.4 is 10.9 Å². The number of nitrogens with one attached hydrogen (secondary N) is 2. The van der Waals surface area contributed by atoms with Gasteiger partial charge < -0.3 is 15.2 Å². The second-order valence-electron chi connectivity index (χ2n) is 7.82. The Bertz CT molecular complexity index is 1220. The number of aromatic amines is 1. The average molecular weight is 400 g/mol. The largest absolute Gasteiger partial charge is 0.330 e. The first-order chi connectivity index (χ1) is 14.5. The Balaban J connectivity index is 1.68. The van der Waals surface area contributed by atoms with E-state index in [2.05, 4.69) is 15.3 Å². The molecule has 0 saturated carbocycles. The third-order valence-electron chi connectivity index (χ3n) is 6.07. The van der Waals surface area contributed by atoms with E-state index in [-0.39, 0.29) is 17.4 Å². The van der Waals surface area contributed by atoms with E-state index >= 15 is 0 Å². The fraction of sp³-hybridized carbons (Fsp3) is 0.217. The Morgan fingerprint density at radius 2 is 2.00 bits per heavy atom. The Labute approximate surface area is 172 Å². The summed E-state index contributed by atoms with van der Waals surface area (Å²) in [6, 6.07) is 13.8. The lowest BCUT2D eigenvalue weighted by atomic mass is 9.73. The smallest absolute Gasteiger partial charge is 0.254 e. The minimum atomic E-state index is -0.897. The molecule has 2 unspecified atom stereocenters. The quantitative estimate of drug-likeness (QED) is 0.691. The van der Waals surface area contributed by atoms with E-state index in [1.165, 1.54) is 6.07 Å². The van der Waals surface area contributed by atoms with Crippen LogP contribution in [-0.4, -0.2) is 33.2 Å². The average Bonchev–Trinajstić information content (AvgIpc) is 3.27. The van der Waals surface area contributed by atoms with Crippen LogP contribution in [-0.2, 0) is 10.2 Å². The van der Waals surface area contributed by atoms with E-state index in [0.717, 1.165) is 16.8 Å². The number of fused-ring (bicyclic) bond motifs is 2. The highest BCUT2D eigenvalue weighted by Crippen LogP contribution is 2.54. The van der Waals surface area contributed by atoms with Crippen molar-refractivity contribution in [1.82, 2.24) is 14.9 Å². The SMILES string of the molecule is Cc1cc(C(=O)N2CCC3(C(=O)Nc4ccccc43)C2c2cccnc2)cc(=O)[nH]1. The van der Waals surface area contributed by atoms with Crippen LogP contribution in [0.2, 0.25) is 0 Å². The summed E-state index contributed by atoms with van der Waals surface area (Å²) in [5.41, 5.74) is 2.16. The van der Waals surface area contributed by atoms with Gasteiger partial charge in [0.1, 0.15) is 5.41 Å². The highest BCUT2D eigenvalue weighted by molar-refractivity contribution is 6.08. The standard InChI is InChI=1S/C23H20N4O3/c1-14-11-16(12-19(28)25-14)21(29)27-10-8-23(20(27)15-5-4-9-24-13-15)17-6-2-3-7-18(17)26-22(23)30/h2-7,9,11-13,20H,8,10H2,1H3,(H,25,28)(H,26,30). The highest BCUT2D eigenvalue weighted by Gasteiger charge is 2.59. The predicted molar refractivity (Wildman–Crippen MR) is 111 cm³/mol. The Kier molecular flexibility index (Phi) is 4.06. The van der Waals surface area contributed by atoms with E-state index in [1.807, 2.05) is 30.3 Å². The van der Waals surface area contributed by atoms with Crippen molar-refractivity contribution in [2.75, 3.05) is 11.9 Å². The summed E-state index contributed by atoms with van der Waals surface area (Å²) >= 11 is 0. The van der Waals surface area contributed by atoms with Crippen molar-refractivity contribution in [1.29, 1.82) is 0 Å². The molecule has 30 heavy (non-hydrogen) atoms. The minimum absolute atomic E-state index is 0.116. The van der Waals surface area contributed by atoms with Gasteiger partial charge in [0.15, 0.2) is 0 Å². The van der Waals surface area contributed by atoms with Gasteiger partial charge in [0.25, 0.3) is 5.91 Å². The lowest BCUT2D eigenvalue weighted by molar-refractivity contribution is -0.121. The fourth-order valence-corrected chi connectivity index (χ4v) is 4.88. The van der Waals surface area contributed by atoms with E-state index < -0.39 is 11.5 Å². The van der Waals surface area contributed by atoms with E-state index in [4.69, 9.17) is 0 Å². The molecule has 3 aromatic rings. The number of pyridine rings is 2. The molecule has 2 aromatic heterocycles. The summed E-state index contributed by atoms with van der Waals surface area (Å²) in [5, 5.41) is 3.00. The van der Waals surface area contributed by atoms with Gasteiger partial charge in [0, 0.05) is 41.9 Å². The number of anilines is 1. The van der Waals surface area contributed by atoms with Gasteiger partial charge in [-0.15, -0.1) is 0 Å². The summed E-state index contributed by atoms with van der Waals surface area (Å²) in [7, 11) is 0. The number of hydrogen-bond donors (Lipinski definition) is 2. The molecule has 5 rings (SSSR count). The zero-order valence-corrected chi connectivity index (χ0v) is 16.4. The topological polar surface area (TPSA) is 95.2 Å². The maximum absolute atomic E-state index is 13.5. The van der Waals surface area contributed by atoms with Gasteiger partial charge in [-0.25, -0.2) is 0 Å². The van der Waals surface area contributed by atoms with Gasteiger partial charge in [-0.1, -0.05) is 24.3 Å². The number of likely N-dealkylation sites (tertiary alicyclic amines) is 1. The van der Waals surface area contributed by atoms with Crippen LogP contribution in [0.1, 0.15) is 39.6 Å². The molecule has 2 aliphatic heterocycles. The van der Waals surface area contributed by atoms with Crippen LogP contribution in [0.5, 0.6) is 0 Å². The third-order valence-corrected chi connectivity index (χ3v) is 6.07. The van der Waals surface area contributed by atoms with Gasteiger partial charge in [-0.3, -0.25) is 19.4 Å². The minimum Gasteiger partial charge on any atom is -0.330 e. The molecule has 150 valence electrons. The molecule has 1 aromatic carbocycles. The molecule has 2 amide bonds. The predicted octanol–water partition coefficient (Wildman–Crippen LogP) is 2.56. The number of aryl methyl sites for hydroxylation is 1. The molecule has 0 radical (unpaired) electrons. The van der Waals surface area contributed by atoms with Crippen LogP contribution in [0.25, 0.3) is 0 Å². The number of carbonyl (C=O) groups is 2. The molecular weight excluding hydrogens is 380 g/mol. The molecule has 4 heterocycles. The summed E-state index contributed by atoms with van der Waals surface area (Å²) < 4.78 is 0. The van der Waals surface area contributed by atoms with Crippen LogP contribution in [0.4, 0.5) is 5.69 Å².